The Balaban J connectivity index is 1.71. The summed E-state index contributed by atoms with van der Waals surface area (Å²) >= 11 is 1.28. The van der Waals surface area contributed by atoms with Crippen LogP contribution in [0.2, 0.25) is 0 Å². The van der Waals surface area contributed by atoms with Crippen LogP contribution >= 0.6 is 11.3 Å². The molecule has 0 radical (unpaired) electrons. The number of hydrogen-bond donors (Lipinski definition) is 2. The summed E-state index contributed by atoms with van der Waals surface area (Å²) in [5.41, 5.74) is 6.65. The Bertz CT molecular complexity index is 829. The fraction of sp³-hybridized carbons (Fsp3) is 0.294. The summed E-state index contributed by atoms with van der Waals surface area (Å²) < 4.78 is 2.00. The lowest BCUT2D eigenvalue weighted by molar-refractivity contribution is -0.121. The number of hydrogen-bond acceptors (Lipinski definition) is 6. The SMILES string of the molecule is CCc1nccn1CCC(=O)N[C@@H](c1ccccc1)c1nnc(N)s1. The van der Waals surface area contributed by atoms with Crippen LogP contribution in [0.4, 0.5) is 5.13 Å². The second kappa shape index (κ2) is 7.89. The van der Waals surface area contributed by atoms with Gasteiger partial charge >= 0.3 is 0 Å². The predicted molar refractivity (Wildman–Crippen MR) is 97.0 cm³/mol. The van der Waals surface area contributed by atoms with Gasteiger partial charge in [-0.05, 0) is 5.56 Å². The fourth-order valence-electron chi connectivity index (χ4n) is 2.61. The predicted octanol–water partition coefficient (Wildman–Crippen LogP) is 2.18. The van der Waals surface area contributed by atoms with Gasteiger partial charge in [0.05, 0.1) is 0 Å². The van der Waals surface area contributed by atoms with Gasteiger partial charge in [0, 0.05) is 31.8 Å². The third-order valence-electron chi connectivity index (χ3n) is 3.84. The molecule has 3 N–H and O–H groups in total. The maximum Gasteiger partial charge on any atom is 0.222 e. The molecule has 0 aliphatic carbocycles. The highest BCUT2D eigenvalue weighted by Crippen LogP contribution is 2.25. The Labute approximate surface area is 149 Å². The molecule has 1 atom stereocenters. The lowest BCUT2D eigenvalue weighted by Gasteiger charge is -2.17. The molecule has 130 valence electrons. The third kappa shape index (κ3) is 4.21. The lowest BCUT2D eigenvalue weighted by atomic mass is 10.1. The Morgan fingerprint density at radius 3 is 2.80 bits per heavy atom. The average molecular weight is 356 g/mol. The number of nitrogens with zero attached hydrogens (tertiary/aromatic N) is 4. The van der Waals surface area contributed by atoms with E-state index in [9.17, 15) is 4.79 Å². The number of imidazole rings is 1. The maximum absolute atomic E-state index is 12.5. The van der Waals surface area contributed by atoms with Gasteiger partial charge in [-0.2, -0.15) is 0 Å². The highest BCUT2D eigenvalue weighted by Gasteiger charge is 2.20. The largest absolute Gasteiger partial charge is 0.374 e. The zero-order chi connectivity index (χ0) is 17.6. The molecule has 8 heteroatoms. The van der Waals surface area contributed by atoms with Gasteiger partial charge in [0.2, 0.25) is 11.0 Å². The first kappa shape index (κ1) is 17.1. The number of benzene rings is 1. The van der Waals surface area contributed by atoms with Crippen molar-refractivity contribution in [1.29, 1.82) is 0 Å². The number of aromatic nitrogens is 4. The van der Waals surface area contributed by atoms with Gasteiger partial charge in [0.1, 0.15) is 16.9 Å². The number of carbonyl (C=O) groups is 1. The van der Waals surface area contributed by atoms with E-state index in [2.05, 4.69) is 20.5 Å². The van der Waals surface area contributed by atoms with Crippen molar-refractivity contribution in [2.45, 2.75) is 32.4 Å². The molecule has 1 aromatic carbocycles. The molecule has 0 unspecified atom stereocenters. The van der Waals surface area contributed by atoms with Gasteiger partial charge in [-0.3, -0.25) is 4.79 Å². The minimum absolute atomic E-state index is 0.0571. The minimum Gasteiger partial charge on any atom is -0.374 e. The molecule has 2 heterocycles. The first-order valence-electron chi connectivity index (χ1n) is 8.10. The highest BCUT2D eigenvalue weighted by molar-refractivity contribution is 7.15. The summed E-state index contributed by atoms with van der Waals surface area (Å²) in [7, 11) is 0. The zero-order valence-corrected chi connectivity index (χ0v) is 14.7. The molecule has 1 amide bonds. The van der Waals surface area contributed by atoms with E-state index in [0.29, 0.717) is 23.1 Å². The number of anilines is 1. The molecule has 25 heavy (non-hydrogen) atoms. The van der Waals surface area contributed by atoms with Crippen LogP contribution in [0.3, 0.4) is 0 Å². The standard InChI is InChI=1S/C17H20N6OS/c1-2-13-19-9-11-23(13)10-8-14(24)20-15(12-6-4-3-5-7-12)16-21-22-17(18)25-16/h3-7,9,11,15H,2,8,10H2,1H3,(H2,18,22)(H,20,24)/t15-/m0/s1. The molecule has 0 saturated heterocycles. The van der Waals surface area contributed by atoms with E-state index in [1.54, 1.807) is 6.20 Å². The van der Waals surface area contributed by atoms with Crippen molar-refractivity contribution < 1.29 is 4.79 Å². The molecular weight excluding hydrogens is 336 g/mol. The number of carbonyl (C=O) groups excluding carboxylic acids is 1. The van der Waals surface area contributed by atoms with Crippen molar-refractivity contribution in [1.82, 2.24) is 25.1 Å². The van der Waals surface area contributed by atoms with Gasteiger partial charge in [-0.1, -0.05) is 48.6 Å². The fourth-order valence-corrected chi connectivity index (χ4v) is 3.30. The molecule has 2 aromatic heterocycles. The smallest absolute Gasteiger partial charge is 0.222 e. The molecule has 0 aliphatic heterocycles. The molecule has 3 aromatic rings. The van der Waals surface area contributed by atoms with E-state index in [-0.39, 0.29) is 11.9 Å². The lowest BCUT2D eigenvalue weighted by Crippen LogP contribution is -2.30. The van der Waals surface area contributed by atoms with Gasteiger partial charge < -0.3 is 15.6 Å². The van der Waals surface area contributed by atoms with E-state index in [1.165, 1.54) is 11.3 Å². The summed E-state index contributed by atoms with van der Waals surface area (Å²) in [6, 6.07) is 9.34. The van der Waals surface area contributed by atoms with E-state index in [0.717, 1.165) is 17.8 Å². The van der Waals surface area contributed by atoms with Crippen molar-refractivity contribution in [2.24, 2.45) is 0 Å². The van der Waals surface area contributed by atoms with Crippen LogP contribution in [-0.2, 0) is 17.8 Å². The summed E-state index contributed by atoms with van der Waals surface area (Å²) in [6.45, 7) is 2.64. The number of rotatable bonds is 7. The minimum atomic E-state index is -0.350. The first-order chi connectivity index (χ1) is 12.2. The summed E-state index contributed by atoms with van der Waals surface area (Å²) in [5, 5.41) is 12.1. The van der Waals surface area contributed by atoms with Crippen molar-refractivity contribution in [3.63, 3.8) is 0 Å². The number of nitrogen functional groups attached to an aromatic ring is 1. The number of nitrogens with two attached hydrogens (primary N) is 1. The van der Waals surface area contributed by atoms with Crippen LogP contribution in [0.5, 0.6) is 0 Å². The van der Waals surface area contributed by atoms with E-state index >= 15 is 0 Å². The van der Waals surface area contributed by atoms with Crippen molar-refractivity contribution in [3.8, 4) is 0 Å². The number of amides is 1. The summed E-state index contributed by atoms with van der Waals surface area (Å²) in [6.07, 6.45) is 4.85. The van der Waals surface area contributed by atoms with Crippen LogP contribution in [0.15, 0.2) is 42.7 Å². The van der Waals surface area contributed by atoms with Crippen LogP contribution < -0.4 is 11.1 Å². The molecular formula is C17H20N6OS. The van der Waals surface area contributed by atoms with Gasteiger partial charge in [0.25, 0.3) is 0 Å². The maximum atomic E-state index is 12.5. The van der Waals surface area contributed by atoms with Crippen LogP contribution in [-0.4, -0.2) is 25.7 Å². The second-order valence-electron chi connectivity index (χ2n) is 5.53. The zero-order valence-electron chi connectivity index (χ0n) is 13.9. The van der Waals surface area contributed by atoms with Gasteiger partial charge in [-0.25, -0.2) is 4.98 Å². The normalized spacial score (nSPS) is 12.0. The van der Waals surface area contributed by atoms with E-state index in [1.807, 2.05) is 48.0 Å². The van der Waals surface area contributed by atoms with E-state index in [4.69, 9.17) is 5.73 Å². The Morgan fingerprint density at radius 1 is 1.32 bits per heavy atom. The average Bonchev–Trinajstić information content (AvgIpc) is 3.27. The van der Waals surface area contributed by atoms with Gasteiger partial charge in [-0.15, -0.1) is 10.2 Å². The topological polar surface area (TPSA) is 98.7 Å². The first-order valence-corrected chi connectivity index (χ1v) is 8.92. The number of nitrogens with one attached hydrogen (secondary N) is 1. The Morgan fingerprint density at radius 2 is 2.12 bits per heavy atom. The second-order valence-corrected chi connectivity index (χ2v) is 6.57. The quantitative estimate of drug-likeness (QED) is 0.676. The third-order valence-corrected chi connectivity index (χ3v) is 4.66. The Hall–Kier alpha value is -2.74. The molecule has 0 spiro atoms. The van der Waals surface area contributed by atoms with Gasteiger partial charge in [0.15, 0.2) is 0 Å². The van der Waals surface area contributed by atoms with Crippen LogP contribution in [0, 0.1) is 0 Å². The van der Waals surface area contributed by atoms with E-state index < -0.39 is 0 Å². The van der Waals surface area contributed by atoms with Crippen molar-refractivity contribution in [3.05, 3.63) is 59.1 Å². The molecule has 0 fully saturated rings. The van der Waals surface area contributed by atoms with Crippen molar-refractivity contribution in [2.75, 3.05) is 5.73 Å². The Kier molecular flexibility index (Phi) is 5.39. The molecule has 7 nitrogen and oxygen atoms in total. The highest BCUT2D eigenvalue weighted by atomic mass is 32.1. The van der Waals surface area contributed by atoms with Crippen molar-refractivity contribution >= 4 is 22.4 Å². The van der Waals surface area contributed by atoms with Crippen LogP contribution in [0.25, 0.3) is 0 Å². The molecule has 3 rings (SSSR count). The summed E-state index contributed by atoms with van der Waals surface area (Å²) in [4.78, 5) is 16.8. The number of aryl methyl sites for hydroxylation is 2. The molecule has 0 aliphatic rings. The molecule has 0 bridgehead atoms. The monoisotopic (exact) mass is 356 g/mol. The van der Waals surface area contributed by atoms with Crippen LogP contribution in [0.1, 0.15) is 35.8 Å². The summed E-state index contributed by atoms with van der Waals surface area (Å²) in [5.74, 6) is 0.919. The molecule has 0 saturated carbocycles.